The van der Waals surface area contributed by atoms with Crippen LogP contribution in [0.4, 0.5) is 5.82 Å². The highest BCUT2D eigenvalue weighted by Crippen LogP contribution is 2.32. The van der Waals surface area contributed by atoms with Gasteiger partial charge in [0.2, 0.25) is 0 Å². The van der Waals surface area contributed by atoms with Gasteiger partial charge in [0.25, 0.3) is 0 Å². The molecule has 2 N–H and O–H groups in total. The van der Waals surface area contributed by atoms with Crippen molar-refractivity contribution in [3.63, 3.8) is 0 Å². The molecule has 5 nitrogen and oxygen atoms in total. The molecule has 5 heteroatoms. The first kappa shape index (κ1) is 15.0. The van der Waals surface area contributed by atoms with Gasteiger partial charge >= 0.3 is 0 Å². The number of nitrogens with one attached hydrogen (secondary N) is 1. The zero-order chi connectivity index (χ0) is 16.2. The fourth-order valence-corrected chi connectivity index (χ4v) is 2.52. The van der Waals surface area contributed by atoms with E-state index in [1.807, 2.05) is 50.2 Å². The molecule has 0 unspecified atom stereocenters. The second-order valence-corrected chi connectivity index (χ2v) is 5.45. The maximum Gasteiger partial charge on any atom is 0.149 e. The van der Waals surface area contributed by atoms with Gasteiger partial charge in [-0.05, 0) is 55.3 Å². The number of aryl methyl sites for hydroxylation is 2. The van der Waals surface area contributed by atoms with Crippen molar-refractivity contribution >= 4 is 5.82 Å². The number of hydrogen-bond donors (Lipinski definition) is 2. The Bertz CT molecular complexity index is 778. The molecule has 0 spiro atoms. The summed E-state index contributed by atoms with van der Waals surface area (Å²) in [4.78, 5) is 4.25. The molecule has 0 bridgehead atoms. The lowest BCUT2D eigenvalue weighted by Crippen LogP contribution is -2.04. The molecule has 0 fully saturated rings. The van der Waals surface area contributed by atoms with Gasteiger partial charge < -0.3 is 10.4 Å². The first-order valence-electron chi connectivity index (χ1n) is 7.41. The quantitative estimate of drug-likeness (QED) is 0.772. The molecule has 23 heavy (non-hydrogen) atoms. The van der Waals surface area contributed by atoms with Crippen molar-refractivity contribution in [1.82, 2.24) is 15.2 Å². The molecule has 0 saturated heterocycles. The van der Waals surface area contributed by atoms with Crippen molar-refractivity contribution in [2.75, 3.05) is 5.32 Å². The summed E-state index contributed by atoms with van der Waals surface area (Å²) in [6, 6.07) is 13.2. The molecule has 2 heterocycles. The Balaban J connectivity index is 1.77. The highest BCUT2D eigenvalue weighted by molar-refractivity contribution is 5.71. The van der Waals surface area contributed by atoms with Gasteiger partial charge in [-0.2, -0.15) is 0 Å². The summed E-state index contributed by atoms with van der Waals surface area (Å²) in [5.41, 5.74) is 4.31. The standard InChI is InChI=1S/C18H18N4O/c1-12-9-13(2)18(16(23)10-12)15-6-7-17(22-21-15)20-11-14-5-3-4-8-19-14/h3-10,23H,11H2,1-2H3,(H,20,22). The number of aromatic nitrogens is 3. The van der Waals surface area contributed by atoms with E-state index in [9.17, 15) is 5.11 Å². The van der Waals surface area contributed by atoms with E-state index in [4.69, 9.17) is 0 Å². The maximum atomic E-state index is 10.2. The van der Waals surface area contributed by atoms with Crippen molar-refractivity contribution in [2.24, 2.45) is 0 Å². The Morgan fingerprint density at radius 3 is 2.57 bits per heavy atom. The van der Waals surface area contributed by atoms with E-state index in [2.05, 4.69) is 20.5 Å². The first-order chi connectivity index (χ1) is 11.1. The molecule has 1 aromatic carbocycles. The molecule has 0 aliphatic rings. The lowest BCUT2D eigenvalue weighted by atomic mass is 10.0. The first-order valence-corrected chi connectivity index (χ1v) is 7.41. The predicted molar refractivity (Wildman–Crippen MR) is 90.2 cm³/mol. The van der Waals surface area contributed by atoms with Crippen LogP contribution in [0.15, 0.2) is 48.7 Å². The number of phenolic OH excluding ortho intramolecular Hbond substituents is 1. The Kier molecular flexibility index (Phi) is 4.19. The summed E-state index contributed by atoms with van der Waals surface area (Å²) in [7, 11) is 0. The normalized spacial score (nSPS) is 10.5. The van der Waals surface area contributed by atoms with Crippen molar-refractivity contribution in [2.45, 2.75) is 20.4 Å². The van der Waals surface area contributed by atoms with Gasteiger partial charge in [0.1, 0.15) is 11.6 Å². The average Bonchev–Trinajstić information content (AvgIpc) is 2.54. The van der Waals surface area contributed by atoms with E-state index in [-0.39, 0.29) is 5.75 Å². The molecule has 2 aromatic heterocycles. The number of phenols is 1. The van der Waals surface area contributed by atoms with E-state index in [1.54, 1.807) is 12.3 Å². The topological polar surface area (TPSA) is 70.9 Å². The van der Waals surface area contributed by atoms with E-state index < -0.39 is 0 Å². The largest absolute Gasteiger partial charge is 0.507 e. The van der Waals surface area contributed by atoms with Crippen LogP contribution in [0.1, 0.15) is 16.8 Å². The molecule has 0 saturated carbocycles. The zero-order valence-corrected chi connectivity index (χ0v) is 13.1. The van der Waals surface area contributed by atoms with Crippen LogP contribution in [0.2, 0.25) is 0 Å². The van der Waals surface area contributed by atoms with Gasteiger partial charge in [-0.25, -0.2) is 0 Å². The molecule has 3 rings (SSSR count). The molecule has 116 valence electrons. The van der Waals surface area contributed by atoms with Crippen LogP contribution in [-0.2, 0) is 6.54 Å². The average molecular weight is 306 g/mol. The van der Waals surface area contributed by atoms with Crippen LogP contribution in [0.3, 0.4) is 0 Å². The zero-order valence-electron chi connectivity index (χ0n) is 13.1. The Labute approximate surface area is 135 Å². The molecular weight excluding hydrogens is 288 g/mol. The SMILES string of the molecule is Cc1cc(C)c(-c2ccc(NCc3ccccn3)nn2)c(O)c1. The fourth-order valence-electron chi connectivity index (χ4n) is 2.52. The Hall–Kier alpha value is -2.95. The van der Waals surface area contributed by atoms with Gasteiger partial charge in [-0.3, -0.25) is 4.98 Å². The molecular formula is C18H18N4O. The lowest BCUT2D eigenvalue weighted by molar-refractivity contribution is 0.476. The van der Waals surface area contributed by atoms with Crippen LogP contribution in [0.25, 0.3) is 11.3 Å². The Morgan fingerprint density at radius 1 is 1.04 bits per heavy atom. The van der Waals surface area contributed by atoms with Crippen LogP contribution in [-0.4, -0.2) is 20.3 Å². The summed E-state index contributed by atoms with van der Waals surface area (Å²) in [6.45, 7) is 4.49. The lowest BCUT2D eigenvalue weighted by Gasteiger charge is -2.10. The predicted octanol–water partition coefficient (Wildman–Crippen LogP) is 3.47. The number of anilines is 1. The number of hydrogen-bond acceptors (Lipinski definition) is 5. The second-order valence-electron chi connectivity index (χ2n) is 5.45. The number of nitrogens with zero attached hydrogens (tertiary/aromatic N) is 3. The van der Waals surface area contributed by atoms with Crippen molar-refractivity contribution in [1.29, 1.82) is 0 Å². The van der Waals surface area contributed by atoms with Crippen LogP contribution in [0.5, 0.6) is 5.75 Å². The number of benzene rings is 1. The van der Waals surface area contributed by atoms with Gasteiger partial charge in [0.05, 0.1) is 17.9 Å². The minimum absolute atomic E-state index is 0.228. The van der Waals surface area contributed by atoms with Gasteiger partial charge in [0.15, 0.2) is 0 Å². The fraction of sp³-hybridized carbons (Fsp3) is 0.167. The maximum absolute atomic E-state index is 10.2. The summed E-state index contributed by atoms with van der Waals surface area (Å²) in [5, 5.41) is 21.7. The third-order valence-electron chi connectivity index (χ3n) is 3.56. The van der Waals surface area contributed by atoms with Gasteiger partial charge in [-0.1, -0.05) is 12.1 Å². The summed E-state index contributed by atoms with van der Waals surface area (Å²) in [6.07, 6.45) is 1.76. The second kappa shape index (κ2) is 6.44. The number of rotatable bonds is 4. The summed E-state index contributed by atoms with van der Waals surface area (Å²) >= 11 is 0. The van der Waals surface area contributed by atoms with Crippen LogP contribution in [0, 0.1) is 13.8 Å². The minimum atomic E-state index is 0.228. The van der Waals surface area contributed by atoms with Gasteiger partial charge in [-0.15, -0.1) is 10.2 Å². The minimum Gasteiger partial charge on any atom is -0.507 e. The third kappa shape index (κ3) is 3.45. The molecule has 0 radical (unpaired) electrons. The van der Waals surface area contributed by atoms with Crippen LogP contribution >= 0.6 is 0 Å². The molecule has 0 aliphatic heterocycles. The van der Waals surface area contributed by atoms with E-state index >= 15 is 0 Å². The summed E-state index contributed by atoms with van der Waals surface area (Å²) in [5.74, 6) is 0.898. The highest BCUT2D eigenvalue weighted by Gasteiger charge is 2.10. The number of pyridine rings is 1. The smallest absolute Gasteiger partial charge is 0.149 e. The van der Waals surface area contributed by atoms with E-state index in [1.165, 1.54) is 0 Å². The third-order valence-corrected chi connectivity index (χ3v) is 3.56. The van der Waals surface area contributed by atoms with Crippen molar-refractivity contribution in [3.05, 3.63) is 65.5 Å². The molecule has 0 atom stereocenters. The van der Waals surface area contributed by atoms with E-state index in [0.29, 0.717) is 18.1 Å². The van der Waals surface area contributed by atoms with Crippen molar-refractivity contribution in [3.8, 4) is 17.0 Å². The Morgan fingerprint density at radius 2 is 1.91 bits per heavy atom. The van der Waals surface area contributed by atoms with Gasteiger partial charge in [0, 0.05) is 11.8 Å². The van der Waals surface area contributed by atoms with Crippen molar-refractivity contribution < 1.29 is 5.11 Å². The molecule has 0 aliphatic carbocycles. The monoisotopic (exact) mass is 306 g/mol. The molecule has 3 aromatic rings. The van der Waals surface area contributed by atoms with Crippen LogP contribution < -0.4 is 5.32 Å². The summed E-state index contributed by atoms with van der Waals surface area (Å²) < 4.78 is 0. The van der Waals surface area contributed by atoms with E-state index in [0.717, 1.165) is 22.4 Å². The molecule has 0 amide bonds. The highest BCUT2D eigenvalue weighted by atomic mass is 16.3. The number of aromatic hydroxyl groups is 1.